The van der Waals surface area contributed by atoms with E-state index in [4.69, 9.17) is 0 Å². The number of halogens is 1. The van der Waals surface area contributed by atoms with Crippen LogP contribution in [0.4, 0.5) is 10.1 Å². The van der Waals surface area contributed by atoms with Gasteiger partial charge in [0.25, 0.3) is 0 Å². The monoisotopic (exact) mass is 266 g/mol. The molecular formula is C15H23FN2O. The van der Waals surface area contributed by atoms with E-state index >= 15 is 0 Å². The van der Waals surface area contributed by atoms with Gasteiger partial charge in [0.1, 0.15) is 5.82 Å². The molecule has 0 aliphatic carbocycles. The van der Waals surface area contributed by atoms with Crippen molar-refractivity contribution < 1.29 is 9.50 Å². The van der Waals surface area contributed by atoms with Gasteiger partial charge in [0.15, 0.2) is 0 Å². The summed E-state index contributed by atoms with van der Waals surface area (Å²) in [6.45, 7) is 6.60. The van der Waals surface area contributed by atoms with Crippen LogP contribution in [0.15, 0.2) is 18.2 Å². The minimum absolute atomic E-state index is 0.0362. The van der Waals surface area contributed by atoms with Crippen LogP contribution in [0.2, 0.25) is 0 Å². The standard InChI is InChI=1S/C15H23FN2O/c1-3-17-9-12-4-5-14(13(16)8-12)18-7-6-11(2)15(18)10-19/h4-5,8,11,15,17,19H,3,6-7,9-10H2,1-2H3. The SMILES string of the molecule is CCNCc1ccc(N2CCC(C)C2CO)c(F)c1. The Bertz CT molecular complexity index is 425. The zero-order chi connectivity index (χ0) is 13.8. The lowest BCUT2D eigenvalue weighted by atomic mass is 10.0. The highest BCUT2D eigenvalue weighted by Crippen LogP contribution is 2.31. The number of hydrogen-bond acceptors (Lipinski definition) is 3. The van der Waals surface area contributed by atoms with Gasteiger partial charge in [-0.3, -0.25) is 0 Å². The molecule has 0 bridgehead atoms. The van der Waals surface area contributed by atoms with E-state index in [0.29, 0.717) is 18.2 Å². The minimum Gasteiger partial charge on any atom is -0.394 e. The molecule has 4 heteroatoms. The van der Waals surface area contributed by atoms with Crippen molar-refractivity contribution in [3.63, 3.8) is 0 Å². The number of nitrogens with zero attached hydrogens (tertiary/aromatic N) is 1. The van der Waals surface area contributed by atoms with Gasteiger partial charge in [-0.25, -0.2) is 4.39 Å². The van der Waals surface area contributed by atoms with Gasteiger partial charge in [0.05, 0.1) is 18.3 Å². The van der Waals surface area contributed by atoms with Crippen molar-refractivity contribution in [3.8, 4) is 0 Å². The minimum atomic E-state index is -0.192. The number of nitrogens with one attached hydrogen (secondary N) is 1. The Morgan fingerprint density at radius 1 is 1.47 bits per heavy atom. The van der Waals surface area contributed by atoms with Gasteiger partial charge in [-0.15, -0.1) is 0 Å². The van der Waals surface area contributed by atoms with Crippen molar-refractivity contribution in [3.05, 3.63) is 29.6 Å². The Kier molecular flexibility index (Phi) is 4.77. The fourth-order valence-electron chi connectivity index (χ4n) is 2.75. The van der Waals surface area contributed by atoms with E-state index in [9.17, 15) is 9.50 Å². The molecule has 1 heterocycles. The maximum absolute atomic E-state index is 14.2. The van der Waals surface area contributed by atoms with Crippen molar-refractivity contribution in [2.45, 2.75) is 32.9 Å². The summed E-state index contributed by atoms with van der Waals surface area (Å²) in [6.07, 6.45) is 1.00. The van der Waals surface area contributed by atoms with Crippen molar-refractivity contribution in [1.82, 2.24) is 5.32 Å². The molecule has 1 fully saturated rings. The van der Waals surface area contributed by atoms with E-state index in [-0.39, 0.29) is 18.5 Å². The topological polar surface area (TPSA) is 35.5 Å². The van der Waals surface area contributed by atoms with E-state index in [1.165, 1.54) is 0 Å². The molecule has 2 atom stereocenters. The molecule has 19 heavy (non-hydrogen) atoms. The van der Waals surface area contributed by atoms with Crippen LogP contribution in [0.25, 0.3) is 0 Å². The number of anilines is 1. The van der Waals surface area contributed by atoms with Gasteiger partial charge in [0, 0.05) is 13.1 Å². The van der Waals surface area contributed by atoms with Crippen LogP contribution in [-0.2, 0) is 6.54 Å². The zero-order valence-electron chi connectivity index (χ0n) is 11.7. The van der Waals surface area contributed by atoms with Crippen LogP contribution in [0.5, 0.6) is 0 Å². The maximum atomic E-state index is 14.2. The lowest BCUT2D eigenvalue weighted by molar-refractivity contribution is 0.244. The molecule has 106 valence electrons. The number of hydrogen-bond donors (Lipinski definition) is 2. The first-order valence-corrected chi connectivity index (χ1v) is 7.04. The second-order valence-corrected chi connectivity index (χ2v) is 5.28. The molecule has 0 amide bonds. The first-order valence-electron chi connectivity index (χ1n) is 7.04. The Labute approximate surface area is 114 Å². The van der Waals surface area contributed by atoms with Gasteiger partial charge in [0.2, 0.25) is 0 Å². The van der Waals surface area contributed by atoms with Gasteiger partial charge >= 0.3 is 0 Å². The summed E-state index contributed by atoms with van der Waals surface area (Å²) < 4.78 is 14.2. The second-order valence-electron chi connectivity index (χ2n) is 5.28. The predicted octanol–water partition coefficient (Wildman–Crippen LogP) is 2.14. The molecule has 2 N–H and O–H groups in total. The molecule has 2 unspecified atom stereocenters. The van der Waals surface area contributed by atoms with Crippen LogP contribution in [0, 0.1) is 11.7 Å². The van der Waals surface area contributed by atoms with E-state index in [0.717, 1.165) is 25.1 Å². The van der Waals surface area contributed by atoms with Crippen molar-refractivity contribution in [2.75, 3.05) is 24.6 Å². The second kappa shape index (κ2) is 6.35. The summed E-state index contributed by atoms with van der Waals surface area (Å²) in [5, 5.41) is 12.6. The number of aliphatic hydroxyl groups excluding tert-OH is 1. The molecule has 3 nitrogen and oxygen atoms in total. The fraction of sp³-hybridized carbons (Fsp3) is 0.600. The molecule has 0 radical (unpaired) electrons. The highest BCUT2D eigenvalue weighted by molar-refractivity contribution is 5.51. The smallest absolute Gasteiger partial charge is 0.146 e. The highest BCUT2D eigenvalue weighted by Gasteiger charge is 2.31. The fourth-order valence-corrected chi connectivity index (χ4v) is 2.75. The molecule has 0 saturated carbocycles. The highest BCUT2D eigenvalue weighted by atomic mass is 19.1. The molecule has 1 aromatic carbocycles. The van der Waals surface area contributed by atoms with Gasteiger partial charge in [-0.2, -0.15) is 0 Å². The molecule has 1 aliphatic heterocycles. The molecular weight excluding hydrogens is 243 g/mol. The van der Waals surface area contributed by atoms with E-state index in [1.54, 1.807) is 6.07 Å². The van der Waals surface area contributed by atoms with Crippen LogP contribution in [0.3, 0.4) is 0 Å². The third-order valence-electron chi connectivity index (χ3n) is 3.97. The molecule has 0 aromatic heterocycles. The van der Waals surface area contributed by atoms with E-state index in [2.05, 4.69) is 12.2 Å². The average Bonchev–Trinajstić information content (AvgIpc) is 2.77. The summed E-state index contributed by atoms with van der Waals surface area (Å²) in [5.41, 5.74) is 1.57. The molecule has 1 aliphatic rings. The van der Waals surface area contributed by atoms with Gasteiger partial charge < -0.3 is 15.3 Å². The van der Waals surface area contributed by atoms with Gasteiger partial charge in [-0.1, -0.05) is 19.9 Å². The average molecular weight is 266 g/mol. The number of rotatable bonds is 5. The quantitative estimate of drug-likeness (QED) is 0.857. The molecule has 1 aromatic rings. The Morgan fingerprint density at radius 3 is 2.89 bits per heavy atom. The Hall–Kier alpha value is -1.13. The van der Waals surface area contributed by atoms with Crippen LogP contribution >= 0.6 is 0 Å². The van der Waals surface area contributed by atoms with Crippen LogP contribution < -0.4 is 10.2 Å². The normalized spacial score (nSPS) is 23.1. The Morgan fingerprint density at radius 2 is 2.26 bits per heavy atom. The Balaban J connectivity index is 2.16. The summed E-state index contributed by atoms with van der Waals surface area (Å²) in [4.78, 5) is 2.00. The molecule has 2 rings (SSSR count). The van der Waals surface area contributed by atoms with Crippen LogP contribution in [0.1, 0.15) is 25.8 Å². The number of aliphatic hydroxyl groups is 1. The lowest BCUT2D eigenvalue weighted by Crippen LogP contribution is -2.35. The van der Waals surface area contributed by atoms with Crippen molar-refractivity contribution in [2.24, 2.45) is 5.92 Å². The number of benzene rings is 1. The predicted molar refractivity (Wildman–Crippen MR) is 75.8 cm³/mol. The molecule has 1 saturated heterocycles. The van der Waals surface area contributed by atoms with Crippen molar-refractivity contribution >= 4 is 5.69 Å². The maximum Gasteiger partial charge on any atom is 0.146 e. The first-order chi connectivity index (χ1) is 9.17. The summed E-state index contributed by atoms with van der Waals surface area (Å²) >= 11 is 0. The van der Waals surface area contributed by atoms with Gasteiger partial charge in [-0.05, 0) is 36.6 Å². The lowest BCUT2D eigenvalue weighted by Gasteiger charge is -2.27. The largest absolute Gasteiger partial charge is 0.394 e. The third-order valence-corrected chi connectivity index (χ3v) is 3.97. The van der Waals surface area contributed by atoms with Crippen LogP contribution in [-0.4, -0.2) is 30.8 Å². The summed E-state index contributed by atoms with van der Waals surface area (Å²) in [6, 6.07) is 5.42. The zero-order valence-corrected chi connectivity index (χ0v) is 11.7. The summed E-state index contributed by atoms with van der Waals surface area (Å²) in [7, 11) is 0. The van der Waals surface area contributed by atoms with E-state index in [1.807, 2.05) is 24.0 Å². The first kappa shape index (κ1) is 14.3. The molecule has 0 spiro atoms. The van der Waals surface area contributed by atoms with Crippen molar-refractivity contribution in [1.29, 1.82) is 0 Å². The van der Waals surface area contributed by atoms with E-state index < -0.39 is 0 Å². The third kappa shape index (κ3) is 3.07. The summed E-state index contributed by atoms with van der Waals surface area (Å²) in [5.74, 6) is 0.216.